The fraction of sp³-hybridized carbons (Fsp3) is 0.0943. The number of benzene rings is 7. The molecule has 4 heteroatoms. The van der Waals surface area contributed by atoms with Crippen LogP contribution in [0.1, 0.15) is 35.6 Å². The van der Waals surface area contributed by atoms with Crippen LogP contribution in [0.15, 0.2) is 188 Å². The number of para-hydroxylation sites is 4. The zero-order valence-corrected chi connectivity index (χ0v) is 32.3. The Hall–Kier alpha value is -7.04. The van der Waals surface area contributed by atoms with Crippen molar-refractivity contribution in [3.63, 3.8) is 0 Å². The first-order chi connectivity index (χ1) is 28.0. The number of nitrogens with zero attached hydrogens (tertiary/aromatic N) is 4. The minimum atomic E-state index is 0.152. The molecule has 9 aromatic rings. The summed E-state index contributed by atoms with van der Waals surface area (Å²) < 4.78 is 4.48. The molecule has 0 saturated heterocycles. The number of rotatable bonds is 7. The second-order valence-corrected chi connectivity index (χ2v) is 15.1. The van der Waals surface area contributed by atoms with Crippen LogP contribution in [0.2, 0.25) is 0 Å². The lowest BCUT2D eigenvalue weighted by atomic mass is 9.72. The number of imidazole rings is 2. The molecule has 0 bridgehead atoms. The van der Waals surface area contributed by atoms with Crippen LogP contribution in [-0.4, -0.2) is 19.1 Å². The van der Waals surface area contributed by atoms with E-state index in [1.165, 1.54) is 50.1 Å². The molecule has 1 aliphatic carbocycles. The molecule has 57 heavy (non-hydrogen) atoms. The Bertz CT molecular complexity index is 2990. The molecule has 0 amide bonds. The van der Waals surface area contributed by atoms with Gasteiger partial charge in [0.25, 0.3) is 0 Å². The van der Waals surface area contributed by atoms with Crippen LogP contribution in [0.4, 0.5) is 0 Å². The predicted octanol–water partition coefficient (Wildman–Crippen LogP) is 13.4. The first-order valence-corrected chi connectivity index (χ1v) is 19.8. The Labute approximate surface area is 333 Å². The van der Waals surface area contributed by atoms with Gasteiger partial charge in [-0.1, -0.05) is 146 Å². The third-order valence-corrected chi connectivity index (χ3v) is 11.6. The number of aromatic nitrogens is 4. The van der Waals surface area contributed by atoms with E-state index in [1.807, 2.05) is 12.1 Å². The van der Waals surface area contributed by atoms with Crippen LogP contribution in [0.5, 0.6) is 0 Å². The Morgan fingerprint density at radius 3 is 1.44 bits per heavy atom. The lowest BCUT2D eigenvalue weighted by Gasteiger charge is -2.31. The summed E-state index contributed by atoms with van der Waals surface area (Å²) in [7, 11) is 0. The first-order valence-electron chi connectivity index (χ1n) is 19.8. The maximum Gasteiger partial charge on any atom is 0.111 e. The topological polar surface area (TPSA) is 35.6 Å². The van der Waals surface area contributed by atoms with Crippen molar-refractivity contribution < 1.29 is 0 Å². The number of hydrogen-bond acceptors (Lipinski definition) is 2. The van der Waals surface area contributed by atoms with Crippen LogP contribution in [0.3, 0.4) is 0 Å². The monoisotopic (exact) mass is 734 g/mol. The largest absolute Gasteiger partial charge is 0.297 e. The van der Waals surface area contributed by atoms with E-state index in [9.17, 15) is 0 Å². The van der Waals surface area contributed by atoms with Gasteiger partial charge in [0, 0.05) is 17.3 Å². The summed E-state index contributed by atoms with van der Waals surface area (Å²) in [5.41, 5.74) is 17.7. The highest BCUT2D eigenvalue weighted by Gasteiger charge is 2.29. The Morgan fingerprint density at radius 1 is 0.439 bits per heavy atom. The summed E-state index contributed by atoms with van der Waals surface area (Å²) in [6, 6.07) is 61.3. The van der Waals surface area contributed by atoms with Gasteiger partial charge in [-0.25, -0.2) is 9.97 Å². The fourth-order valence-electron chi connectivity index (χ4n) is 9.04. The van der Waals surface area contributed by atoms with Crippen molar-refractivity contribution >= 4 is 27.6 Å². The molecule has 0 saturated carbocycles. The molecule has 2 unspecified atom stereocenters. The van der Waals surface area contributed by atoms with Crippen LogP contribution in [-0.2, 0) is 0 Å². The molecular formula is C53H42N4. The molecule has 0 fully saturated rings. The van der Waals surface area contributed by atoms with Gasteiger partial charge in [0.05, 0.1) is 22.1 Å². The van der Waals surface area contributed by atoms with Gasteiger partial charge < -0.3 is 0 Å². The Balaban J connectivity index is 1.02. The highest BCUT2D eigenvalue weighted by Crippen LogP contribution is 2.48. The average molecular weight is 735 g/mol. The zero-order chi connectivity index (χ0) is 38.5. The zero-order valence-electron chi connectivity index (χ0n) is 32.3. The molecular weight excluding hydrogens is 693 g/mol. The van der Waals surface area contributed by atoms with Crippen molar-refractivity contribution in [3.05, 3.63) is 211 Å². The lowest BCUT2D eigenvalue weighted by Crippen LogP contribution is -2.14. The highest BCUT2D eigenvalue weighted by molar-refractivity contribution is 5.90. The third kappa shape index (κ3) is 6.02. The van der Waals surface area contributed by atoms with Gasteiger partial charge in [0.15, 0.2) is 0 Å². The van der Waals surface area contributed by atoms with E-state index in [0.29, 0.717) is 5.92 Å². The molecule has 7 aromatic carbocycles. The van der Waals surface area contributed by atoms with Crippen LogP contribution < -0.4 is 0 Å². The van der Waals surface area contributed by atoms with Crippen molar-refractivity contribution in [1.29, 1.82) is 0 Å². The molecule has 2 heterocycles. The number of fused-ring (bicyclic) bond motifs is 2. The van der Waals surface area contributed by atoms with E-state index in [0.717, 1.165) is 45.1 Å². The molecule has 274 valence electrons. The van der Waals surface area contributed by atoms with E-state index < -0.39 is 0 Å². The normalized spacial score (nSPS) is 15.3. The summed E-state index contributed by atoms with van der Waals surface area (Å²) in [4.78, 5) is 9.62. The summed E-state index contributed by atoms with van der Waals surface area (Å²) in [6.07, 6.45) is 6.93. The van der Waals surface area contributed by atoms with Gasteiger partial charge in [-0.3, -0.25) is 9.13 Å². The van der Waals surface area contributed by atoms with Crippen molar-refractivity contribution in [2.75, 3.05) is 0 Å². The molecule has 2 aromatic heterocycles. The van der Waals surface area contributed by atoms with Gasteiger partial charge >= 0.3 is 0 Å². The van der Waals surface area contributed by atoms with Gasteiger partial charge in [-0.05, 0) is 118 Å². The molecule has 0 aliphatic heterocycles. The standard InChI is InChI=1S/C53H42N4/c1-35-15-14-22-48(45-19-7-5-17-43(45)39-29-33-41(34-30-39)57-37(3)55-50-24-11-13-26-52(50)57)53(35)47-21-9-8-20-46(47)44-18-6-4-16-42(44)38-27-31-40(32-28-38)56-36(2)54-49-23-10-12-25-51(49)56/h4-35,53H,1-3H3. The smallest absolute Gasteiger partial charge is 0.111 e. The number of allylic oxidation sites excluding steroid dienone is 4. The molecule has 10 rings (SSSR count). The summed E-state index contributed by atoms with van der Waals surface area (Å²) in [6.45, 7) is 6.50. The van der Waals surface area contributed by atoms with Crippen molar-refractivity contribution in [2.45, 2.75) is 26.7 Å². The molecule has 1 aliphatic rings. The third-order valence-electron chi connectivity index (χ3n) is 11.6. The van der Waals surface area contributed by atoms with E-state index in [4.69, 9.17) is 9.97 Å². The first kappa shape index (κ1) is 34.5. The molecule has 0 N–H and O–H groups in total. The maximum atomic E-state index is 4.81. The van der Waals surface area contributed by atoms with Gasteiger partial charge in [0.2, 0.25) is 0 Å². The van der Waals surface area contributed by atoms with Crippen LogP contribution in [0.25, 0.3) is 72.4 Å². The van der Waals surface area contributed by atoms with Crippen molar-refractivity contribution in [2.24, 2.45) is 5.92 Å². The van der Waals surface area contributed by atoms with Crippen molar-refractivity contribution in [3.8, 4) is 44.8 Å². The summed E-state index contributed by atoms with van der Waals surface area (Å²) in [5.74, 6) is 2.41. The second kappa shape index (κ2) is 14.2. The van der Waals surface area contributed by atoms with Gasteiger partial charge in [-0.2, -0.15) is 0 Å². The maximum absolute atomic E-state index is 4.81. The summed E-state index contributed by atoms with van der Waals surface area (Å²) >= 11 is 0. The van der Waals surface area contributed by atoms with E-state index >= 15 is 0 Å². The molecule has 2 atom stereocenters. The lowest BCUT2D eigenvalue weighted by molar-refractivity contribution is 0.651. The van der Waals surface area contributed by atoms with Crippen LogP contribution >= 0.6 is 0 Å². The quantitative estimate of drug-likeness (QED) is 0.163. The second-order valence-electron chi connectivity index (χ2n) is 15.1. The van der Waals surface area contributed by atoms with E-state index in [1.54, 1.807) is 0 Å². The fourth-order valence-corrected chi connectivity index (χ4v) is 9.04. The van der Waals surface area contributed by atoms with E-state index in [2.05, 4.69) is 206 Å². The van der Waals surface area contributed by atoms with Gasteiger partial charge in [0.1, 0.15) is 11.6 Å². The van der Waals surface area contributed by atoms with E-state index in [-0.39, 0.29) is 5.92 Å². The Kier molecular flexibility index (Phi) is 8.60. The summed E-state index contributed by atoms with van der Waals surface area (Å²) in [5, 5.41) is 0. The minimum Gasteiger partial charge on any atom is -0.297 e. The number of hydrogen-bond donors (Lipinski definition) is 0. The van der Waals surface area contributed by atoms with Gasteiger partial charge in [-0.15, -0.1) is 0 Å². The van der Waals surface area contributed by atoms with Crippen LogP contribution in [0, 0.1) is 19.8 Å². The minimum absolute atomic E-state index is 0.152. The molecule has 4 nitrogen and oxygen atoms in total. The Morgan fingerprint density at radius 2 is 0.877 bits per heavy atom. The predicted molar refractivity (Wildman–Crippen MR) is 237 cm³/mol. The molecule has 0 spiro atoms. The average Bonchev–Trinajstić information content (AvgIpc) is 3.78. The molecule has 0 radical (unpaired) electrons. The highest BCUT2D eigenvalue weighted by atomic mass is 15.1. The number of aryl methyl sites for hydroxylation is 2. The SMILES string of the molecule is Cc1nc2ccccc2n1-c1ccc(-c2ccccc2C2=CC=CC(C)C2c2ccccc2-c2ccccc2-c2ccc(-n3c(C)nc4ccccc43)cc2)cc1. The van der Waals surface area contributed by atoms with Crippen molar-refractivity contribution in [1.82, 2.24) is 19.1 Å².